The third kappa shape index (κ3) is 3.57. The third-order valence-corrected chi connectivity index (χ3v) is 4.41. The first-order valence-corrected chi connectivity index (χ1v) is 8.18. The largest absolute Gasteiger partial charge is 0.395 e. The summed E-state index contributed by atoms with van der Waals surface area (Å²) in [5, 5.41) is 7.06. The molecule has 5 nitrogen and oxygen atoms in total. The van der Waals surface area contributed by atoms with Gasteiger partial charge in [-0.15, -0.1) is 0 Å². The number of anilines is 1. The van der Waals surface area contributed by atoms with E-state index in [0.29, 0.717) is 23.3 Å². The predicted molar refractivity (Wildman–Crippen MR) is 85.1 cm³/mol. The van der Waals surface area contributed by atoms with E-state index in [-0.39, 0.29) is 5.91 Å². The summed E-state index contributed by atoms with van der Waals surface area (Å²) in [6.45, 7) is 7.19. The van der Waals surface area contributed by atoms with Crippen LogP contribution >= 0.6 is 0 Å². The average molecular weight is 292 g/mol. The summed E-state index contributed by atoms with van der Waals surface area (Å²) in [6, 6.07) is 0.359. The molecule has 0 aliphatic heterocycles. The lowest BCUT2D eigenvalue weighted by Gasteiger charge is -2.29. The number of aromatic amines is 1. The van der Waals surface area contributed by atoms with E-state index in [1.807, 2.05) is 11.8 Å². The number of nitrogens with one attached hydrogen (secondary N) is 1. The minimum absolute atomic E-state index is 0.00370. The first-order valence-electron chi connectivity index (χ1n) is 8.18. The van der Waals surface area contributed by atoms with Crippen LogP contribution in [-0.4, -0.2) is 33.6 Å². The molecule has 1 aliphatic carbocycles. The first-order chi connectivity index (χ1) is 10.0. The molecule has 118 valence electrons. The van der Waals surface area contributed by atoms with Crippen LogP contribution in [0.5, 0.6) is 0 Å². The van der Waals surface area contributed by atoms with E-state index < -0.39 is 0 Å². The number of carbonyl (C=O) groups is 1. The Balaban J connectivity index is 2.17. The second-order valence-electron chi connectivity index (χ2n) is 6.44. The number of hydrogen-bond acceptors (Lipinski definition) is 3. The lowest BCUT2D eigenvalue weighted by atomic mass is 10.1. The van der Waals surface area contributed by atoms with Crippen LogP contribution in [0.3, 0.4) is 0 Å². The van der Waals surface area contributed by atoms with Gasteiger partial charge in [0.15, 0.2) is 5.69 Å². The van der Waals surface area contributed by atoms with Gasteiger partial charge in [-0.2, -0.15) is 5.10 Å². The Morgan fingerprint density at radius 2 is 2.10 bits per heavy atom. The fraction of sp³-hybridized carbons (Fsp3) is 0.750. The molecule has 2 rings (SSSR count). The maximum atomic E-state index is 12.9. The average Bonchev–Trinajstić information content (AvgIpc) is 3.08. The van der Waals surface area contributed by atoms with E-state index >= 15 is 0 Å². The number of H-pyrrole nitrogens is 1. The summed E-state index contributed by atoms with van der Waals surface area (Å²) >= 11 is 0. The van der Waals surface area contributed by atoms with Crippen LogP contribution in [0.4, 0.5) is 5.69 Å². The molecule has 0 unspecified atom stereocenters. The van der Waals surface area contributed by atoms with Gasteiger partial charge in [0.25, 0.3) is 5.91 Å². The Kier molecular flexibility index (Phi) is 5.26. The van der Waals surface area contributed by atoms with Crippen LogP contribution in [0.1, 0.15) is 69.1 Å². The summed E-state index contributed by atoms with van der Waals surface area (Å²) in [6.07, 6.45) is 6.43. The van der Waals surface area contributed by atoms with Gasteiger partial charge in [0.05, 0.1) is 11.4 Å². The van der Waals surface area contributed by atoms with E-state index in [9.17, 15) is 4.79 Å². The van der Waals surface area contributed by atoms with E-state index in [2.05, 4.69) is 24.0 Å². The normalized spacial score (nSPS) is 15.8. The molecule has 0 spiro atoms. The molecule has 21 heavy (non-hydrogen) atoms. The van der Waals surface area contributed by atoms with Gasteiger partial charge < -0.3 is 10.6 Å². The van der Waals surface area contributed by atoms with Gasteiger partial charge in [-0.25, -0.2) is 0 Å². The minimum Gasteiger partial charge on any atom is -0.395 e. The van der Waals surface area contributed by atoms with Crippen molar-refractivity contribution in [2.24, 2.45) is 5.92 Å². The number of rotatable bonds is 6. The standard InChI is InChI=1S/C16H28N4O/c1-4-13-14(17)15(19-18-13)16(21)20(10-9-11(2)3)12-7-5-6-8-12/h11-12H,4-10,17H2,1-3H3,(H,18,19). The van der Waals surface area contributed by atoms with Gasteiger partial charge in [-0.05, 0) is 31.6 Å². The molecule has 3 N–H and O–H groups in total. The molecule has 1 heterocycles. The van der Waals surface area contributed by atoms with Crippen molar-refractivity contribution in [1.29, 1.82) is 0 Å². The van der Waals surface area contributed by atoms with E-state index in [1.54, 1.807) is 0 Å². The maximum absolute atomic E-state index is 12.9. The summed E-state index contributed by atoms with van der Waals surface area (Å²) in [5.74, 6) is 0.584. The molecule has 0 bridgehead atoms. The number of nitrogens with zero attached hydrogens (tertiary/aromatic N) is 2. The monoisotopic (exact) mass is 292 g/mol. The van der Waals surface area contributed by atoms with Gasteiger partial charge in [-0.1, -0.05) is 33.6 Å². The van der Waals surface area contributed by atoms with Crippen molar-refractivity contribution >= 4 is 11.6 Å². The zero-order chi connectivity index (χ0) is 15.4. The van der Waals surface area contributed by atoms with Crippen molar-refractivity contribution in [3.8, 4) is 0 Å². The quantitative estimate of drug-likeness (QED) is 0.846. The number of nitrogen functional groups attached to an aromatic ring is 1. The van der Waals surface area contributed by atoms with Crippen molar-refractivity contribution in [2.45, 2.75) is 65.3 Å². The van der Waals surface area contributed by atoms with Gasteiger partial charge in [-0.3, -0.25) is 9.89 Å². The molecule has 0 saturated heterocycles. The number of carbonyl (C=O) groups excluding carboxylic acids is 1. The van der Waals surface area contributed by atoms with Gasteiger partial charge in [0.2, 0.25) is 0 Å². The third-order valence-electron chi connectivity index (χ3n) is 4.41. The SMILES string of the molecule is CCc1[nH]nc(C(=O)N(CCC(C)C)C2CCCC2)c1N. The molecule has 1 aliphatic rings. The van der Waals surface area contributed by atoms with Crippen molar-refractivity contribution < 1.29 is 4.79 Å². The van der Waals surface area contributed by atoms with Crippen molar-refractivity contribution in [3.63, 3.8) is 0 Å². The molecule has 1 saturated carbocycles. The Morgan fingerprint density at radius 1 is 1.43 bits per heavy atom. The number of nitrogens with two attached hydrogens (primary N) is 1. The fourth-order valence-corrected chi connectivity index (χ4v) is 3.02. The molecule has 1 aromatic rings. The van der Waals surface area contributed by atoms with E-state index in [1.165, 1.54) is 12.8 Å². The lowest BCUT2D eigenvalue weighted by Crippen LogP contribution is -2.40. The van der Waals surface area contributed by atoms with Crippen LogP contribution in [0.15, 0.2) is 0 Å². The van der Waals surface area contributed by atoms with Crippen molar-refractivity contribution in [3.05, 3.63) is 11.4 Å². The molecule has 1 fully saturated rings. The molecule has 0 atom stereocenters. The highest BCUT2D eigenvalue weighted by Gasteiger charge is 2.30. The topological polar surface area (TPSA) is 75.0 Å². The molecule has 1 aromatic heterocycles. The molecular formula is C16H28N4O. The minimum atomic E-state index is -0.00370. The van der Waals surface area contributed by atoms with E-state index in [4.69, 9.17) is 5.73 Å². The van der Waals surface area contributed by atoms with E-state index in [0.717, 1.165) is 37.9 Å². The number of hydrogen-bond donors (Lipinski definition) is 2. The highest BCUT2D eigenvalue weighted by Crippen LogP contribution is 2.27. The Bertz CT molecular complexity index is 475. The van der Waals surface area contributed by atoms with Crippen LogP contribution in [0, 0.1) is 5.92 Å². The predicted octanol–water partition coefficient (Wildman–Crippen LogP) is 2.99. The van der Waals surface area contributed by atoms with Crippen molar-refractivity contribution in [2.75, 3.05) is 12.3 Å². The number of amides is 1. The second kappa shape index (κ2) is 6.96. The van der Waals surface area contributed by atoms with Gasteiger partial charge >= 0.3 is 0 Å². The van der Waals surface area contributed by atoms with Crippen molar-refractivity contribution in [1.82, 2.24) is 15.1 Å². The van der Waals surface area contributed by atoms with Crippen LogP contribution < -0.4 is 5.73 Å². The van der Waals surface area contributed by atoms with Crippen LogP contribution in [0.25, 0.3) is 0 Å². The maximum Gasteiger partial charge on any atom is 0.276 e. The second-order valence-corrected chi connectivity index (χ2v) is 6.44. The van der Waals surface area contributed by atoms with Crippen LogP contribution in [-0.2, 0) is 6.42 Å². The van der Waals surface area contributed by atoms with Gasteiger partial charge in [0, 0.05) is 12.6 Å². The Labute approximate surface area is 127 Å². The molecular weight excluding hydrogens is 264 g/mol. The van der Waals surface area contributed by atoms with Gasteiger partial charge in [0.1, 0.15) is 0 Å². The zero-order valence-corrected chi connectivity index (χ0v) is 13.5. The lowest BCUT2D eigenvalue weighted by molar-refractivity contribution is 0.0667. The summed E-state index contributed by atoms with van der Waals surface area (Å²) in [7, 11) is 0. The smallest absolute Gasteiger partial charge is 0.276 e. The first kappa shape index (κ1) is 15.9. The summed E-state index contributed by atoms with van der Waals surface area (Å²) in [5.41, 5.74) is 7.85. The molecule has 5 heteroatoms. The highest BCUT2D eigenvalue weighted by atomic mass is 16.2. The zero-order valence-electron chi connectivity index (χ0n) is 13.5. The Morgan fingerprint density at radius 3 is 2.62 bits per heavy atom. The fourth-order valence-electron chi connectivity index (χ4n) is 3.02. The number of aryl methyl sites for hydroxylation is 1. The highest BCUT2D eigenvalue weighted by molar-refractivity contribution is 5.97. The molecule has 0 radical (unpaired) electrons. The Hall–Kier alpha value is -1.52. The van der Waals surface area contributed by atoms with Crippen LogP contribution in [0.2, 0.25) is 0 Å². The number of aromatic nitrogens is 2. The summed E-state index contributed by atoms with van der Waals surface area (Å²) in [4.78, 5) is 14.9. The summed E-state index contributed by atoms with van der Waals surface area (Å²) < 4.78 is 0. The molecule has 0 aromatic carbocycles. The molecule has 1 amide bonds.